The normalized spacial score (nSPS) is 25.7. The first-order valence-corrected chi connectivity index (χ1v) is 8.19. The van der Waals surface area contributed by atoms with Gasteiger partial charge in [-0.2, -0.15) is 11.3 Å². The Morgan fingerprint density at radius 1 is 1.56 bits per heavy atom. The molecule has 1 aromatic heterocycles. The maximum Gasteiger partial charge on any atom is 0.150 e. The minimum atomic E-state index is -2.84. The topological polar surface area (TPSA) is 54.4 Å². The van der Waals surface area contributed by atoms with Crippen LogP contribution in [-0.2, 0) is 16.3 Å². The monoisotopic (exact) mass is 260 g/mol. The van der Waals surface area contributed by atoms with E-state index in [1.54, 1.807) is 11.3 Å². The molecule has 1 aromatic rings. The summed E-state index contributed by atoms with van der Waals surface area (Å²) in [6, 6.07) is 2.04. The van der Waals surface area contributed by atoms with E-state index in [2.05, 4.69) is 5.38 Å². The summed E-state index contributed by atoms with van der Waals surface area (Å²) in [5, 5.41) is 13.4. The summed E-state index contributed by atoms with van der Waals surface area (Å²) in [6.07, 6.45) is 1.50. The van der Waals surface area contributed by atoms with Gasteiger partial charge < -0.3 is 5.11 Å². The first-order chi connectivity index (χ1) is 7.61. The molecule has 0 radical (unpaired) electrons. The van der Waals surface area contributed by atoms with Crippen LogP contribution in [0, 0.1) is 11.8 Å². The summed E-state index contributed by atoms with van der Waals surface area (Å²) in [6.45, 7) is 0.0794. The van der Waals surface area contributed by atoms with Crippen LogP contribution >= 0.6 is 11.3 Å². The Bertz CT molecular complexity index is 422. The minimum absolute atomic E-state index is 0.0794. The largest absolute Gasteiger partial charge is 0.396 e. The van der Waals surface area contributed by atoms with Crippen LogP contribution in [0.2, 0.25) is 0 Å². The van der Waals surface area contributed by atoms with Crippen molar-refractivity contribution in [3.05, 3.63) is 22.4 Å². The lowest BCUT2D eigenvalue weighted by Gasteiger charge is -2.19. The third kappa shape index (κ3) is 2.84. The molecule has 1 saturated heterocycles. The highest BCUT2D eigenvalue weighted by Crippen LogP contribution is 2.28. The van der Waals surface area contributed by atoms with Crippen LogP contribution in [0.3, 0.4) is 0 Å². The average Bonchev–Trinajstić information content (AvgIpc) is 2.83. The van der Waals surface area contributed by atoms with E-state index < -0.39 is 9.84 Å². The Morgan fingerprint density at radius 2 is 2.38 bits per heavy atom. The number of sulfone groups is 1. The van der Waals surface area contributed by atoms with Crippen LogP contribution in [0.25, 0.3) is 0 Å². The fraction of sp³-hybridized carbons (Fsp3) is 0.636. The van der Waals surface area contributed by atoms with Crippen LogP contribution in [0.5, 0.6) is 0 Å². The number of aliphatic hydroxyl groups excluding tert-OH is 1. The Labute approximate surface area is 100 Å². The summed E-state index contributed by atoms with van der Waals surface area (Å²) in [5.41, 5.74) is 1.20. The summed E-state index contributed by atoms with van der Waals surface area (Å²) in [4.78, 5) is 0. The molecule has 16 heavy (non-hydrogen) atoms. The van der Waals surface area contributed by atoms with E-state index in [4.69, 9.17) is 0 Å². The highest BCUT2D eigenvalue weighted by molar-refractivity contribution is 7.91. The second-order valence-electron chi connectivity index (χ2n) is 4.44. The van der Waals surface area contributed by atoms with Crippen LogP contribution in [-0.4, -0.2) is 31.6 Å². The van der Waals surface area contributed by atoms with E-state index in [-0.39, 0.29) is 29.9 Å². The third-order valence-electron chi connectivity index (χ3n) is 3.25. The lowest BCUT2D eigenvalue weighted by atomic mass is 9.88. The average molecular weight is 260 g/mol. The van der Waals surface area contributed by atoms with Crippen LogP contribution < -0.4 is 0 Å². The molecule has 0 aromatic carbocycles. The van der Waals surface area contributed by atoms with Crippen LogP contribution in [0.15, 0.2) is 16.8 Å². The summed E-state index contributed by atoms with van der Waals surface area (Å²) < 4.78 is 22.8. The van der Waals surface area contributed by atoms with Gasteiger partial charge in [0, 0.05) is 6.61 Å². The predicted molar refractivity (Wildman–Crippen MR) is 65.4 cm³/mol. The smallest absolute Gasteiger partial charge is 0.150 e. The molecule has 3 nitrogen and oxygen atoms in total. The van der Waals surface area contributed by atoms with E-state index >= 15 is 0 Å². The molecule has 2 rings (SSSR count). The Kier molecular flexibility index (Phi) is 3.66. The van der Waals surface area contributed by atoms with Crippen molar-refractivity contribution < 1.29 is 13.5 Å². The summed E-state index contributed by atoms with van der Waals surface area (Å²) >= 11 is 1.63. The highest BCUT2D eigenvalue weighted by atomic mass is 32.2. The zero-order chi connectivity index (χ0) is 11.6. The number of thiophene rings is 1. The van der Waals surface area contributed by atoms with E-state index in [0.29, 0.717) is 6.42 Å². The van der Waals surface area contributed by atoms with E-state index in [1.807, 2.05) is 11.4 Å². The van der Waals surface area contributed by atoms with Crippen molar-refractivity contribution in [1.29, 1.82) is 0 Å². The van der Waals surface area contributed by atoms with Gasteiger partial charge in [0.15, 0.2) is 9.84 Å². The zero-order valence-electron chi connectivity index (χ0n) is 9.00. The van der Waals surface area contributed by atoms with Crippen molar-refractivity contribution in [1.82, 2.24) is 0 Å². The Balaban J connectivity index is 2.01. The molecular weight excluding hydrogens is 244 g/mol. The van der Waals surface area contributed by atoms with Gasteiger partial charge >= 0.3 is 0 Å². The zero-order valence-corrected chi connectivity index (χ0v) is 10.6. The first kappa shape index (κ1) is 12.1. The van der Waals surface area contributed by atoms with E-state index in [9.17, 15) is 13.5 Å². The van der Waals surface area contributed by atoms with Gasteiger partial charge in [0.05, 0.1) is 11.5 Å². The second-order valence-corrected chi connectivity index (χ2v) is 7.45. The van der Waals surface area contributed by atoms with Gasteiger partial charge in [0.2, 0.25) is 0 Å². The Morgan fingerprint density at radius 3 is 2.88 bits per heavy atom. The number of hydrogen-bond acceptors (Lipinski definition) is 4. The fourth-order valence-electron chi connectivity index (χ4n) is 2.29. The molecule has 1 fully saturated rings. The van der Waals surface area contributed by atoms with Gasteiger partial charge in [-0.15, -0.1) is 0 Å². The lowest BCUT2D eigenvalue weighted by Crippen LogP contribution is -2.22. The standard InChI is InChI=1S/C11H16O3S2/c12-6-11(5-9-1-3-15-7-9)10-2-4-16(13,14)8-10/h1,3,7,10-12H,2,4-6,8H2. The highest BCUT2D eigenvalue weighted by Gasteiger charge is 2.33. The lowest BCUT2D eigenvalue weighted by molar-refractivity contribution is 0.184. The molecule has 2 unspecified atom stereocenters. The molecule has 1 N–H and O–H groups in total. The molecule has 0 spiro atoms. The van der Waals surface area contributed by atoms with Crippen LogP contribution in [0.4, 0.5) is 0 Å². The van der Waals surface area contributed by atoms with Crippen molar-refractivity contribution in [2.24, 2.45) is 11.8 Å². The van der Waals surface area contributed by atoms with Crippen molar-refractivity contribution in [2.45, 2.75) is 12.8 Å². The third-order valence-corrected chi connectivity index (χ3v) is 5.77. The maximum absolute atomic E-state index is 11.4. The molecular formula is C11H16O3S2. The summed E-state index contributed by atoms with van der Waals surface area (Å²) in [5.74, 6) is 0.766. The van der Waals surface area contributed by atoms with E-state index in [1.165, 1.54) is 5.56 Å². The minimum Gasteiger partial charge on any atom is -0.396 e. The Hall–Kier alpha value is -0.390. The molecule has 1 aliphatic heterocycles. The number of rotatable bonds is 4. The maximum atomic E-state index is 11.4. The van der Waals surface area contributed by atoms with Gasteiger partial charge in [0.25, 0.3) is 0 Å². The van der Waals surface area contributed by atoms with Crippen molar-refractivity contribution in [2.75, 3.05) is 18.1 Å². The van der Waals surface area contributed by atoms with Crippen molar-refractivity contribution in [3.63, 3.8) is 0 Å². The van der Waals surface area contributed by atoms with Gasteiger partial charge in [-0.25, -0.2) is 8.42 Å². The summed E-state index contributed by atoms with van der Waals surface area (Å²) in [7, 11) is -2.84. The van der Waals surface area contributed by atoms with Crippen LogP contribution in [0.1, 0.15) is 12.0 Å². The van der Waals surface area contributed by atoms with Gasteiger partial charge in [-0.05, 0) is 47.1 Å². The van der Waals surface area contributed by atoms with E-state index in [0.717, 1.165) is 6.42 Å². The molecule has 90 valence electrons. The molecule has 2 atom stereocenters. The second kappa shape index (κ2) is 4.85. The van der Waals surface area contributed by atoms with Crippen molar-refractivity contribution in [3.8, 4) is 0 Å². The predicted octanol–water partition coefficient (Wildman–Crippen LogP) is 1.33. The van der Waals surface area contributed by atoms with Gasteiger partial charge in [-0.3, -0.25) is 0 Å². The molecule has 2 heterocycles. The van der Waals surface area contributed by atoms with Crippen molar-refractivity contribution >= 4 is 21.2 Å². The number of aliphatic hydroxyl groups is 1. The number of hydrogen-bond donors (Lipinski definition) is 1. The molecule has 0 aliphatic carbocycles. The SMILES string of the molecule is O=S1(=O)CCC(C(CO)Cc2ccsc2)C1. The molecule has 0 saturated carbocycles. The first-order valence-electron chi connectivity index (χ1n) is 5.43. The molecule has 0 bridgehead atoms. The fourth-order valence-corrected chi connectivity index (χ4v) is 4.89. The quantitative estimate of drug-likeness (QED) is 0.888. The molecule has 1 aliphatic rings. The molecule has 0 amide bonds. The van der Waals surface area contributed by atoms with Gasteiger partial charge in [0.1, 0.15) is 0 Å². The molecule has 5 heteroatoms. The van der Waals surface area contributed by atoms with Gasteiger partial charge in [-0.1, -0.05) is 0 Å².